The van der Waals surface area contributed by atoms with Gasteiger partial charge in [0.05, 0.1) is 5.69 Å². The first-order valence-electron chi connectivity index (χ1n) is 7.72. The van der Waals surface area contributed by atoms with Crippen LogP contribution in [-0.4, -0.2) is 58.0 Å². The number of benzene rings is 1. The van der Waals surface area contributed by atoms with Crippen molar-refractivity contribution in [2.45, 2.75) is 13.8 Å². The van der Waals surface area contributed by atoms with Crippen LogP contribution in [0.3, 0.4) is 0 Å². The van der Waals surface area contributed by atoms with E-state index >= 15 is 0 Å². The van der Waals surface area contributed by atoms with Crippen molar-refractivity contribution >= 4 is 11.8 Å². The van der Waals surface area contributed by atoms with Crippen LogP contribution in [0.4, 0.5) is 0 Å². The van der Waals surface area contributed by atoms with E-state index in [1.54, 1.807) is 22.8 Å². The fourth-order valence-corrected chi connectivity index (χ4v) is 2.70. The van der Waals surface area contributed by atoms with Crippen molar-refractivity contribution in [1.82, 2.24) is 20.0 Å². The monoisotopic (exact) mass is 312 g/mol. The summed E-state index contributed by atoms with van der Waals surface area (Å²) in [7, 11) is 0. The lowest BCUT2D eigenvalue weighted by Crippen LogP contribution is -2.50. The molecule has 0 radical (unpaired) electrons. The van der Waals surface area contributed by atoms with Crippen LogP contribution >= 0.6 is 0 Å². The molecule has 1 aromatic heterocycles. The summed E-state index contributed by atoms with van der Waals surface area (Å²) in [4.78, 5) is 27.4. The molecule has 6 heteroatoms. The minimum Gasteiger partial charge on any atom is -0.339 e. The number of carbonyl (C=O) groups excluding carboxylic acids is 2. The van der Waals surface area contributed by atoms with Gasteiger partial charge >= 0.3 is 0 Å². The Morgan fingerprint density at radius 1 is 1.04 bits per heavy atom. The van der Waals surface area contributed by atoms with E-state index in [0.717, 1.165) is 11.3 Å². The standard InChI is InChI=1S/C17H20N4O2/c1-12-3-5-14(6-4-12)15-11-16(19-18-15)17(23)21-9-7-20(8-10-21)13(2)22/h3-6,11H,7-10H2,1-2H3,(H,18,19). The number of nitrogens with one attached hydrogen (secondary N) is 1. The number of hydrogen-bond donors (Lipinski definition) is 1. The largest absolute Gasteiger partial charge is 0.339 e. The zero-order chi connectivity index (χ0) is 16.4. The summed E-state index contributed by atoms with van der Waals surface area (Å²) in [5, 5.41) is 7.07. The van der Waals surface area contributed by atoms with E-state index in [9.17, 15) is 9.59 Å². The summed E-state index contributed by atoms with van der Waals surface area (Å²) in [6.07, 6.45) is 0. The van der Waals surface area contributed by atoms with Crippen molar-refractivity contribution < 1.29 is 9.59 Å². The molecule has 23 heavy (non-hydrogen) atoms. The molecule has 6 nitrogen and oxygen atoms in total. The molecule has 0 atom stereocenters. The zero-order valence-electron chi connectivity index (χ0n) is 13.4. The number of rotatable bonds is 2. The van der Waals surface area contributed by atoms with Crippen LogP contribution in [0.2, 0.25) is 0 Å². The number of aryl methyl sites for hydroxylation is 1. The van der Waals surface area contributed by atoms with Gasteiger partial charge in [0, 0.05) is 38.7 Å². The summed E-state index contributed by atoms with van der Waals surface area (Å²) in [5.41, 5.74) is 3.41. The first kappa shape index (κ1) is 15.3. The first-order valence-corrected chi connectivity index (χ1v) is 7.72. The number of carbonyl (C=O) groups is 2. The van der Waals surface area contributed by atoms with Crippen molar-refractivity contribution in [1.29, 1.82) is 0 Å². The van der Waals surface area contributed by atoms with Gasteiger partial charge in [0.2, 0.25) is 5.91 Å². The van der Waals surface area contributed by atoms with Crippen molar-refractivity contribution in [2.75, 3.05) is 26.2 Å². The minimum atomic E-state index is -0.0703. The third-order valence-electron chi connectivity index (χ3n) is 4.17. The molecule has 1 aliphatic rings. The van der Waals surface area contributed by atoms with Crippen LogP contribution in [0, 0.1) is 6.92 Å². The molecule has 1 N–H and O–H groups in total. The molecule has 120 valence electrons. The van der Waals surface area contributed by atoms with Gasteiger partial charge in [0.15, 0.2) is 0 Å². The Balaban J connectivity index is 1.69. The molecule has 0 spiro atoms. The molecular weight excluding hydrogens is 292 g/mol. The fourth-order valence-electron chi connectivity index (χ4n) is 2.70. The van der Waals surface area contributed by atoms with Gasteiger partial charge in [-0.3, -0.25) is 14.7 Å². The average Bonchev–Trinajstić information content (AvgIpc) is 3.05. The van der Waals surface area contributed by atoms with Gasteiger partial charge in [-0.15, -0.1) is 0 Å². The number of piperazine rings is 1. The van der Waals surface area contributed by atoms with Gasteiger partial charge in [0.1, 0.15) is 5.69 Å². The summed E-state index contributed by atoms with van der Waals surface area (Å²) in [5.74, 6) is -0.0145. The minimum absolute atomic E-state index is 0.0558. The highest BCUT2D eigenvalue weighted by atomic mass is 16.2. The van der Waals surface area contributed by atoms with E-state index in [-0.39, 0.29) is 11.8 Å². The second kappa shape index (κ2) is 6.24. The number of aromatic amines is 1. The third-order valence-corrected chi connectivity index (χ3v) is 4.17. The highest BCUT2D eigenvalue weighted by molar-refractivity contribution is 5.93. The summed E-state index contributed by atoms with van der Waals surface area (Å²) >= 11 is 0. The number of hydrogen-bond acceptors (Lipinski definition) is 3. The SMILES string of the molecule is CC(=O)N1CCN(C(=O)c2cc(-c3ccc(C)cc3)n[nH]2)CC1. The molecule has 2 aromatic rings. The van der Waals surface area contributed by atoms with E-state index in [0.29, 0.717) is 31.9 Å². The van der Waals surface area contributed by atoms with E-state index in [4.69, 9.17) is 0 Å². The van der Waals surface area contributed by atoms with Crippen LogP contribution < -0.4 is 0 Å². The second-order valence-corrected chi connectivity index (χ2v) is 5.83. The molecule has 1 aliphatic heterocycles. The summed E-state index contributed by atoms with van der Waals surface area (Å²) in [6.45, 7) is 5.86. The molecule has 1 aromatic carbocycles. The quantitative estimate of drug-likeness (QED) is 0.917. The van der Waals surface area contributed by atoms with E-state index in [1.807, 2.05) is 31.2 Å². The molecule has 2 amide bonds. The lowest BCUT2D eigenvalue weighted by atomic mass is 10.1. The Bertz CT molecular complexity index is 712. The topological polar surface area (TPSA) is 69.3 Å². The normalized spacial score (nSPS) is 14.9. The van der Waals surface area contributed by atoms with Gasteiger partial charge in [-0.1, -0.05) is 29.8 Å². The van der Waals surface area contributed by atoms with Crippen molar-refractivity contribution in [3.8, 4) is 11.3 Å². The van der Waals surface area contributed by atoms with Gasteiger partial charge in [-0.2, -0.15) is 5.10 Å². The Morgan fingerprint density at radius 2 is 1.65 bits per heavy atom. The predicted molar refractivity (Wildman–Crippen MR) is 86.9 cm³/mol. The lowest BCUT2D eigenvalue weighted by Gasteiger charge is -2.33. The molecule has 3 rings (SSSR count). The Morgan fingerprint density at radius 3 is 2.26 bits per heavy atom. The lowest BCUT2D eigenvalue weighted by molar-refractivity contribution is -0.130. The molecule has 0 saturated carbocycles. The molecule has 0 unspecified atom stereocenters. The number of H-pyrrole nitrogens is 1. The van der Waals surface area contributed by atoms with Crippen LogP contribution in [0.25, 0.3) is 11.3 Å². The van der Waals surface area contributed by atoms with Crippen molar-refractivity contribution in [2.24, 2.45) is 0 Å². The van der Waals surface area contributed by atoms with Crippen LogP contribution in [0.5, 0.6) is 0 Å². The summed E-state index contributed by atoms with van der Waals surface area (Å²) in [6, 6.07) is 9.81. The maximum atomic E-state index is 12.5. The Labute approximate surface area is 135 Å². The maximum absolute atomic E-state index is 12.5. The highest BCUT2D eigenvalue weighted by Gasteiger charge is 2.24. The highest BCUT2D eigenvalue weighted by Crippen LogP contribution is 2.19. The van der Waals surface area contributed by atoms with Crippen LogP contribution in [-0.2, 0) is 4.79 Å². The number of nitrogens with zero attached hydrogens (tertiary/aromatic N) is 3. The first-order chi connectivity index (χ1) is 11.0. The van der Waals surface area contributed by atoms with Gasteiger partial charge in [-0.05, 0) is 13.0 Å². The third kappa shape index (κ3) is 3.26. The van der Waals surface area contributed by atoms with Crippen molar-refractivity contribution in [3.63, 3.8) is 0 Å². The molecule has 1 saturated heterocycles. The maximum Gasteiger partial charge on any atom is 0.272 e. The van der Waals surface area contributed by atoms with Gasteiger partial charge in [0.25, 0.3) is 5.91 Å². The average molecular weight is 312 g/mol. The van der Waals surface area contributed by atoms with E-state index < -0.39 is 0 Å². The summed E-state index contributed by atoms with van der Waals surface area (Å²) < 4.78 is 0. The molecular formula is C17H20N4O2. The predicted octanol–water partition coefficient (Wildman–Crippen LogP) is 1.69. The second-order valence-electron chi connectivity index (χ2n) is 5.83. The number of amides is 2. The van der Waals surface area contributed by atoms with Crippen molar-refractivity contribution in [3.05, 3.63) is 41.6 Å². The number of aromatic nitrogens is 2. The Hall–Kier alpha value is -2.63. The Kier molecular flexibility index (Phi) is 4.14. The van der Waals surface area contributed by atoms with E-state index in [1.165, 1.54) is 5.56 Å². The molecule has 2 heterocycles. The van der Waals surface area contributed by atoms with E-state index in [2.05, 4.69) is 10.2 Å². The smallest absolute Gasteiger partial charge is 0.272 e. The van der Waals surface area contributed by atoms with Crippen LogP contribution in [0.1, 0.15) is 23.0 Å². The molecule has 1 fully saturated rings. The van der Waals surface area contributed by atoms with Gasteiger partial charge < -0.3 is 9.80 Å². The van der Waals surface area contributed by atoms with Crippen LogP contribution in [0.15, 0.2) is 30.3 Å². The van der Waals surface area contributed by atoms with Gasteiger partial charge in [-0.25, -0.2) is 0 Å². The zero-order valence-corrected chi connectivity index (χ0v) is 13.4. The molecule has 0 aliphatic carbocycles. The fraction of sp³-hybridized carbons (Fsp3) is 0.353. The molecule has 0 bridgehead atoms.